The van der Waals surface area contributed by atoms with Gasteiger partial charge in [0, 0.05) is 0 Å². The summed E-state index contributed by atoms with van der Waals surface area (Å²) in [4.78, 5) is 21.5. The molecule has 0 aliphatic carbocycles. The van der Waals surface area contributed by atoms with Gasteiger partial charge in [-0.25, -0.2) is 4.79 Å². The van der Waals surface area contributed by atoms with Crippen molar-refractivity contribution in [2.75, 3.05) is 6.61 Å². The molecule has 0 rings (SSSR count). The Balaban J connectivity index is 3.96. The molecule has 0 aliphatic heterocycles. The summed E-state index contributed by atoms with van der Waals surface area (Å²) in [5.74, 6) is -1.59. The zero-order valence-electron chi connectivity index (χ0n) is 7.03. The summed E-state index contributed by atoms with van der Waals surface area (Å²) in [6, 6.07) is 0. The number of Topliss-reactive ketones (excluding diaryl/α,β-unsaturated/α-hetero) is 1. The molecule has 1 N–H and O–H groups in total. The Morgan fingerprint density at radius 2 is 2.08 bits per heavy atom. The van der Waals surface area contributed by atoms with Crippen LogP contribution in [0, 0.1) is 0 Å². The molecule has 0 aromatic rings. The van der Waals surface area contributed by atoms with Gasteiger partial charge in [-0.3, -0.25) is 4.79 Å². The highest BCUT2D eigenvalue weighted by atomic mass is 16.5. The zero-order valence-corrected chi connectivity index (χ0v) is 7.03. The number of oxime groups is 1. The van der Waals surface area contributed by atoms with Crippen LogP contribution in [0.2, 0.25) is 0 Å². The Kier molecular flexibility index (Phi) is 4.67. The van der Waals surface area contributed by atoms with Crippen LogP contribution < -0.4 is 0 Å². The second-order valence-corrected chi connectivity index (χ2v) is 2.16. The van der Waals surface area contributed by atoms with E-state index in [0.29, 0.717) is 0 Å². The Morgan fingerprint density at radius 1 is 1.50 bits per heavy atom. The van der Waals surface area contributed by atoms with Gasteiger partial charge in [0.25, 0.3) is 0 Å². The highest BCUT2D eigenvalue weighted by molar-refractivity contribution is 6.37. The van der Waals surface area contributed by atoms with Gasteiger partial charge >= 0.3 is 5.97 Å². The highest BCUT2D eigenvalue weighted by Crippen LogP contribution is 1.90. The second-order valence-electron chi connectivity index (χ2n) is 2.16. The van der Waals surface area contributed by atoms with E-state index < -0.39 is 11.8 Å². The molecule has 12 heavy (non-hydrogen) atoms. The Hall–Kier alpha value is -1.39. The van der Waals surface area contributed by atoms with Gasteiger partial charge in [-0.15, -0.1) is 0 Å². The fourth-order valence-electron chi connectivity index (χ4n) is 0.551. The number of rotatable bonds is 4. The third-order valence-corrected chi connectivity index (χ3v) is 1.09. The first-order valence-electron chi connectivity index (χ1n) is 3.49. The number of nitrogens with zero attached hydrogens (tertiary/aromatic N) is 1. The lowest BCUT2D eigenvalue weighted by atomic mass is 10.2. The van der Waals surface area contributed by atoms with E-state index in [0.717, 1.165) is 0 Å². The van der Waals surface area contributed by atoms with Crippen LogP contribution in [0.1, 0.15) is 20.3 Å². The predicted octanol–water partition coefficient (Wildman–Crippen LogP) is 0.359. The molecule has 0 saturated heterocycles. The van der Waals surface area contributed by atoms with Crippen LogP contribution >= 0.6 is 0 Å². The lowest BCUT2D eigenvalue weighted by Gasteiger charge is -1.98. The third kappa shape index (κ3) is 3.70. The molecule has 68 valence electrons. The van der Waals surface area contributed by atoms with Crippen molar-refractivity contribution in [3.8, 4) is 0 Å². The standard InChI is InChI=1S/C7H11NO4/c1-3-12-7(10)6(9)4-5(2)8-11/h11H,3-4H2,1-2H3. The minimum Gasteiger partial charge on any atom is -0.460 e. The van der Waals surface area contributed by atoms with E-state index >= 15 is 0 Å². The molecular weight excluding hydrogens is 162 g/mol. The molecule has 0 radical (unpaired) electrons. The number of carbonyl (C=O) groups excluding carboxylic acids is 2. The molecule has 0 bridgehead atoms. The number of ketones is 1. The number of esters is 1. The second kappa shape index (κ2) is 5.29. The molecule has 5 heteroatoms. The third-order valence-electron chi connectivity index (χ3n) is 1.09. The van der Waals surface area contributed by atoms with Crippen molar-refractivity contribution < 1.29 is 19.5 Å². The molecule has 0 spiro atoms. The maximum absolute atomic E-state index is 10.8. The quantitative estimate of drug-likeness (QED) is 0.219. The molecule has 0 saturated carbocycles. The fraction of sp³-hybridized carbons (Fsp3) is 0.571. The summed E-state index contributed by atoms with van der Waals surface area (Å²) in [5, 5.41) is 10.9. The van der Waals surface area contributed by atoms with Gasteiger partial charge in [0.1, 0.15) is 0 Å². The average molecular weight is 173 g/mol. The molecule has 0 atom stereocenters. The van der Waals surface area contributed by atoms with E-state index in [2.05, 4.69) is 9.89 Å². The SMILES string of the molecule is CCOC(=O)C(=O)CC(C)=NO. The van der Waals surface area contributed by atoms with Gasteiger partial charge in [0.2, 0.25) is 5.78 Å². The van der Waals surface area contributed by atoms with Crippen molar-refractivity contribution in [1.82, 2.24) is 0 Å². The summed E-state index contributed by atoms with van der Waals surface area (Å²) < 4.78 is 4.42. The number of hydrogen-bond acceptors (Lipinski definition) is 5. The van der Waals surface area contributed by atoms with Gasteiger partial charge in [-0.05, 0) is 13.8 Å². The molecule has 0 aromatic heterocycles. The zero-order chi connectivity index (χ0) is 9.56. The van der Waals surface area contributed by atoms with Gasteiger partial charge in [-0.2, -0.15) is 0 Å². The summed E-state index contributed by atoms with van der Waals surface area (Å²) in [5.41, 5.74) is 0.188. The maximum Gasteiger partial charge on any atom is 0.374 e. The van der Waals surface area contributed by atoms with Crippen molar-refractivity contribution in [1.29, 1.82) is 0 Å². The summed E-state index contributed by atoms with van der Waals surface area (Å²) >= 11 is 0. The highest BCUT2D eigenvalue weighted by Gasteiger charge is 2.15. The molecule has 5 nitrogen and oxygen atoms in total. The van der Waals surface area contributed by atoms with Crippen molar-refractivity contribution >= 4 is 17.5 Å². The first-order chi connectivity index (χ1) is 5.61. The van der Waals surface area contributed by atoms with Gasteiger partial charge in [0.05, 0.1) is 18.7 Å². The molecule has 0 unspecified atom stereocenters. The molecule has 0 fully saturated rings. The lowest BCUT2D eigenvalue weighted by molar-refractivity contribution is -0.152. The van der Waals surface area contributed by atoms with Gasteiger partial charge in [-0.1, -0.05) is 5.16 Å². The Labute approximate surface area is 70.0 Å². The van der Waals surface area contributed by atoms with E-state index in [1.807, 2.05) is 0 Å². The van der Waals surface area contributed by atoms with Crippen LogP contribution in [0.15, 0.2) is 5.16 Å². The molecule has 0 amide bonds. The maximum atomic E-state index is 10.8. The number of hydrogen-bond donors (Lipinski definition) is 1. The molecule has 0 aliphatic rings. The first kappa shape index (κ1) is 10.6. The minimum absolute atomic E-state index is 0.167. The van der Waals surface area contributed by atoms with E-state index in [9.17, 15) is 9.59 Å². The van der Waals surface area contributed by atoms with Crippen LogP contribution in [0.4, 0.5) is 0 Å². The van der Waals surface area contributed by atoms with E-state index in [4.69, 9.17) is 5.21 Å². The Morgan fingerprint density at radius 3 is 2.50 bits per heavy atom. The normalized spacial score (nSPS) is 11.0. The predicted molar refractivity (Wildman–Crippen MR) is 41.2 cm³/mol. The van der Waals surface area contributed by atoms with E-state index in [1.54, 1.807) is 6.92 Å². The number of carbonyl (C=O) groups is 2. The van der Waals surface area contributed by atoms with Crippen molar-refractivity contribution in [2.24, 2.45) is 5.16 Å². The average Bonchev–Trinajstić information content (AvgIpc) is 2.04. The van der Waals surface area contributed by atoms with Crippen molar-refractivity contribution in [3.63, 3.8) is 0 Å². The largest absolute Gasteiger partial charge is 0.460 e. The van der Waals surface area contributed by atoms with Crippen LogP contribution in [0.25, 0.3) is 0 Å². The summed E-state index contributed by atoms with van der Waals surface area (Å²) in [6.45, 7) is 3.22. The van der Waals surface area contributed by atoms with Gasteiger partial charge < -0.3 is 9.94 Å². The fourth-order valence-corrected chi connectivity index (χ4v) is 0.551. The van der Waals surface area contributed by atoms with Crippen molar-refractivity contribution in [3.05, 3.63) is 0 Å². The lowest BCUT2D eigenvalue weighted by Crippen LogP contribution is -2.19. The smallest absolute Gasteiger partial charge is 0.374 e. The van der Waals surface area contributed by atoms with Crippen LogP contribution in [0.5, 0.6) is 0 Å². The van der Waals surface area contributed by atoms with E-state index in [1.165, 1.54) is 6.92 Å². The summed E-state index contributed by atoms with van der Waals surface area (Å²) in [6.07, 6.45) is -0.199. The van der Waals surface area contributed by atoms with Crippen LogP contribution in [0.3, 0.4) is 0 Å². The first-order valence-corrected chi connectivity index (χ1v) is 3.49. The minimum atomic E-state index is -0.888. The molecule has 0 aromatic carbocycles. The molecule has 0 heterocycles. The van der Waals surface area contributed by atoms with Gasteiger partial charge in [0.15, 0.2) is 0 Å². The van der Waals surface area contributed by atoms with Crippen LogP contribution in [-0.2, 0) is 14.3 Å². The van der Waals surface area contributed by atoms with E-state index in [-0.39, 0.29) is 18.7 Å². The molecular formula is C7H11NO4. The number of ether oxygens (including phenoxy) is 1. The topological polar surface area (TPSA) is 76.0 Å². The monoisotopic (exact) mass is 173 g/mol. The van der Waals surface area contributed by atoms with Crippen LogP contribution in [-0.4, -0.2) is 29.3 Å². The van der Waals surface area contributed by atoms with Crippen molar-refractivity contribution in [2.45, 2.75) is 20.3 Å². The Bertz CT molecular complexity index is 209. The summed E-state index contributed by atoms with van der Waals surface area (Å²) in [7, 11) is 0.